The molecule has 7 nitrogen and oxygen atoms in total. The Morgan fingerprint density at radius 3 is 2.52 bits per heavy atom. The topological polar surface area (TPSA) is 85.8 Å². The molecule has 0 aromatic rings. The van der Waals surface area contributed by atoms with Gasteiger partial charge in [0.05, 0.1) is 6.54 Å². The number of imide groups is 1. The molecule has 0 unspecified atom stereocenters. The van der Waals surface area contributed by atoms with E-state index in [-0.39, 0.29) is 42.5 Å². The van der Waals surface area contributed by atoms with Crippen LogP contribution in [0, 0.1) is 5.41 Å². The fraction of sp³-hybridized carbons (Fsp3) is 0.800. The number of carbonyl (C=O) groups excluding carboxylic acids is 2. The molecule has 1 aliphatic heterocycles. The number of halogens is 1. The van der Waals surface area contributed by atoms with Gasteiger partial charge in [-0.2, -0.15) is 0 Å². The van der Waals surface area contributed by atoms with E-state index >= 15 is 0 Å². The standard InChI is InChI=1S/C15H27N5O2.HI/c1-3-15(6-5-7-15)11-19-13(16-4-2)17-8-9-20-12(21)10-18-14(20)22;/h3-11H2,1-2H3,(H,18,22)(H2,16,17,19);1H. The van der Waals surface area contributed by atoms with E-state index in [1.54, 1.807) is 0 Å². The Morgan fingerprint density at radius 1 is 1.30 bits per heavy atom. The second-order valence-electron chi connectivity index (χ2n) is 6.03. The van der Waals surface area contributed by atoms with Crippen molar-refractivity contribution in [1.29, 1.82) is 0 Å². The fourth-order valence-corrected chi connectivity index (χ4v) is 2.86. The number of urea groups is 1. The molecule has 2 fully saturated rings. The van der Waals surface area contributed by atoms with Gasteiger partial charge < -0.3 is 16.0 Å². The molecule has 1 heterocycles. The van der Waals surface area contributed by atoms with Crippen LogP contribution in [-0.4, -0.2) is 55.5 Å². The number of hydrogen-bond donors (Lipinski definition) is 3. The molecule has 3 amide bonds. The smallest absolute Gasteiger partial charge is 0.324 e. The van der Waals surface area contributed by atoms with E-state index in [0.717, 1.165) is 19.0 Å². The summed E-state index contributed by atoms with van der Waals surface area (Å²) in [5.41, 5.74) is 0.382. The summed E-state index contributed by atoms with van der Waals surface area (Å²) >= 11 is 0. The summed E-state index contributed by atoms with van der Waals surface area (Å²) in [5.74, 6) is 0.586. The highest BCUT2D eigenvalue weighted by atomic mass is 127. The maximum absolute atomic E-state index is 11.5. The minimum Gasteiger partial charge on any atom is -0.357 e. The molecule has 0 aromatic heterocycles. The highest BCUT2D eigenvalue weighted by Crippen LogP contribution is 2.43. The van der Waals surface area contributed by atoms with Gasteiger partial charge in [-0.15, -0.1) is 24.0 Å². The Bertz CT molecular complexity index is 430. The van der Waals surface area contributed by atoms with Crippen LogP contribution in [0.1, 0.15) is 39.5 Å². The third-order valence-electron chi connectivity index (χ3n) is 4.65. The predicted molar refractivity (Wildman–Crippen MR) is 101 cm³/mol. The van der Waals surface area contributed by atoms with E-state index in [2.05, 4.69) is 27.9 Å². The average Bonchev–Trinajstić information content (AvgIpc) is 2.78. The van der Waals surface area contributed by atoms with Crippen LogP contribution < -0.4 is 16.0 Å². The molecule has 0 atom stereocenters. The van der Waals surface area contributed by atoms with Crippen molar-refractivity contribution in [3.63, 3.8) is 0 Å². The van der Waals surface area contributed by atoms with Crippen molar-refractivity contribution in [3.8, 4) is 0 Å². The lowest BCUT2D eigenvalue weighted by Gasteiger charge is -2.40. The van der Waals surface area contributed by atoms with E-state index in [1.807, 2.05) is 6.92 Å². The van der Waals surface area contributed by atoms with Crippen molar-refractivity contribution >= 4 is 41.9 Å². The van der Waals surface area contributed by atoms with E-state index < -0.39 is 0 Å². The average molecular weight is 437 g/mol. The molecule has 2 rings (SSSR count). The predicted octanol–water partition coefficient (Wildman–Crippen LogP) is 1.29. The van der Waals surface area contributed by atoms with Crippen LogP contribution in [0.4, 0.5) is 4.79 Å². The molecule has 1 saturated carbocycles. The highest BCUT2D eigenvalue weighted by molar-refractivity contribution is 14.0. The maximum Gasteiger partial charge on any atom is 0.324 e. The molecule has 0 radical (unpaired) electrons. The van der Waals surface area contributed by atoms with Crippen molar-refractivity contribution < 1.29 is 9.59 Å². The maximum atomic E-state index is 11.5. The van der Waals surface area contributed by atoms with E-state index in [9.17, 15) is 9.59 Å². The Morgan fingerprint density at radius 2 is 2.04 bits per heavy atom. The third-order valence-corrected chi connectivity index (χ3v) is 4.65. The van der Waals surface area contributed by atoms with Gasteiger partial charge >= 0.3 is 6.03 Å². The van der Waals surface area contributed by atoms with Crippen LogP contribution in [0.15, 0.2) is 4.99 Å². The summed E-state index contributed by atoms with van der Waals surface area (Å²) in [4.78, 5) is 28.8. The van der Waals surface area contributed by atoms with E-state index in [0.29, 0.717) is 18.5 Å². The Kier molecular flexibility index (Phi) is 8.07. The summed E-state index contributed by atoms with van der Waals surface area (Å²) in [6.45, 7) is 6.83. The molecule has 3 N–H and O–H groups in total. The van der Waals surface area contributed by atoms with Gasteiger partial charge in [-0.05, 0) is 31.6 Å². The van der Waals surface area contributed by atoms with Crippen molar-refractivity contribution in [2.75, 3.05) is 32.7 Å². The first-order chi connectivity index (χ1) is 10.6. The zero-order chi connectivity index (χ0) is 16.0. The lowest BCUT2D eigenvalue weighted by Crippen LogP contribution is -2.44. The molecule has 0 bridgehead atoms. The zero-order valence-corrected chi connectivity index (χ0v) is 16.3. The van der Waals surface area contributed by atoms with Crippen molar-refractivity contribution in [2.45, 2.75) is 39.5 Å². The lowest BCUT2D eigenvalue weighted by atomic mass is 9.67. The molecule has 2 aliphatic rings. The molecular formula is C15H28IN5O2. The molecule has 0 aromatic carbocycles. The summed E-state index contributed by atoms with van der Waals surface area (Å²) in [6.07, 6.45) is 4.99. The van der Waals surface area contributed by atoms with Gasteiger partial charge in [-0.25, -0.2) is 4.79 Å². The number of aliphatic imine (C=N–C) groups is 1. The molecule has 23 heavy (non-hydrogen) atoms. The normalized spacial score (nSPS) is 19.7. The number of guanidine groups is 1. The van der Waals surface area contributed by atoms with Gasteiger partial charge in [0.25, 0.3) is 0 Å². The lowest BCUT2D eigenvalue weighted by molar-refractivity contribution is -0.124. The number of amides is 3. The van der Waals surface area contributed by atoms with E-state index in [4.69, 9.17) is 0 Å². The Hall–Kier alpha value is -1.06. The fourth-order valence-electron chi connectivity index (χ4n) is 2.86. The van der Waals surface area contributed by atoms with Crippen LogP contribution in [0.2, 0.25) is 0 Å². The molecule has 132 valence electrons. The second kappa shape index (κ2) is 9.29. The van der Waals surface area contributed by atoms with Crippen molar-refractivity contribution in [1.82, 2.24) is 20.9 Å². The third kappa shape index (κ3) is 5.22. The molecule has 1 saturated heterocycles. The minimum absolute atomic E-state index is 0. The summed E-state index contributed by atoms with van der Waals surface area (Å²) in [6, 6.07) is -0.312. The first-order valence-electron chi connectivity index (χ1n) is 8.20. The number of hydrogen-bond acceptors (Lipinski definition) is 3. The van der Waals surface area contributed by atoms with Crippen molar-refractivity contribution in [2.24, 2.45) is 10.4 Å². The number of nitrogens with zero attached hydrogens (tertiary/aromatic N) is 2. The van der Waals surface area contributed by atoms with Gasteiger partial charge in [0, 0.05) is 26.2 Å². The molecule has 1 aliphatic carbocycles. The van der Waals surface area contributed by atoms with Crippen molar-refractivity contribution in [3.05, 3.63) is 0 Å². The molecule has 0 spiro atoms. The summed E-state index contributed by atoms with van der Waals surface area (Å²) in [5, 5.41) is 8.92. The largest absolute Gasteiger partial charge is 0.357 e. The number of rotatable bonds is 7. The van der Waals surface area contributed by atoms with Gasteiger partial charge in [0.1, 0.15) is 0 Å². The first kappa shape index (κ1) is 20.0. The Labute approximate surface area is 155 Å². The monoisotopic (exact) mass is 437 g/mol. The first-order valence-corrected chi connectivity index (χ1v) is 8.20. The Balaban J connectivity index is 0.00000264. The summed E-state index contributed by atoms with van der Waals surface area (Å²) < 4.78 is 0. The highest BCUT2D eigenvalue weighted by Gasteiger charge is 2.34. The van der Waals surface area contributed by atoms with E-state index in [1.165, 1.54) is 30.6 Å². The number of nitrogens with one attached hydrogen (secondary N) is 3. The van der Waals surface area contributed by atoms with Gasteiger partial charge in [-0.3, -0.25) is 14.7 Å². The van der Waals surface area contributed by atoms with Crippen LogP contribution in [-0.2, 0) is 4.79 Å². The molecular weight excluding hydrogens is 409 g/mol. The minimum atomic E-state index is -0.312. The van der Waals surface area contributed by atoms with Gasteiger partial charge in [0.2, 0.25) is 5.91 Å². The van der Waals surface area contributed by atoms with Crippen LogP contribution in [0.3, 0.4) is 0 Å². The van der Waals surface area contributed by atoms with Gasteiger partial charge in [-0.1, -0.05) is 13.3 Å². The van der Waals surface area contributed by atoms with Crippen LogP contribution in [0.25, 0.3) is 0 Å². The van der Waals surface area contributed by atoms with Crippen LogP contribution >= 0.6 is 24.0 Å². The quantitative estimate of drug-likeness (QED) is 0.243. The molecule has 8 heteroatoms. The summed E-state index contributed by atoms with van der Waals surface area (Å²) in [7, 11) is 0. The number of carbonyl (C=O) groups is 2. The second-order valence-corrected chi connectivity index (χ2v) is 6.03. The zero-order valence-electron chi connectivity index (χ0n) is 14.0. The van der Waals surface area contributed by atoms with Gasteiger partial charge in [0.15, 0.2) is 5.96 Å². The van der Waals surface area contributed by atoms with Crippen LogP contribution in [0.5, 0.6) is 0 Å². The SMILES string of the molecule is CCNC(=NCC1(CC)CCC1)NCCN1C(=O)CNC1=O.I.